The second kappa shape index (κ2) is 5.32. The molecule has 0 aliphatic heterocycles. The molecule has 0 bridgehead atoms. The van der Waals surface area contributed by atoms with E-state index in [1.165, 1.54) is 11.1 Å². The van der Waals surface area contributed by atoms with Crippen molar-refractivity contribution in [2.45, 2.75) is 33.6 Å². The van der Waals surface area contributed by atoms with E-state index in [0.29, 0.717) is 12.3 Å². The van der Waals surface area contributed by atoms with Crippen molar-refractivity contribution in [2.75, 3.05) is 5.88 Å². The van der Waals surface area contributed by atoms with Crippen LogP contribution in [0.15, 0.2) is 12.1 Å². The van der Waals surface area contributed by atoms with Gasteiger partial charge >= 0.3 is 0 Å². The van der Waals surface area contributed by atoms with Gasteiger partial charge in [-0.3, -0.25) is 4.79 Å². The molecular weight excluding hydrogens is 208 g/mol. The van der Waals surface area contributed by atoms with E-state index in [0.717, 1.165) is 17.5 Å². The van der Waals surface area contributed by atoms with Gasteiger partial charge in [0.2, 0.25) is 0 Å². The van der Waals surface area contributed by atoms with Gasteiger partial charge in [-0.2, -0.15) is 0 Å². The van der Waals surface area contributed by atoms with E-state index < -0.39 is 0 Å². The first kappa shape index (κ1) is 12.3. The van der Waals surface area contributed by atoms with Crippen molar-refractivity contribution in [1.82, 2.24) is 0 Å². The van der Waals surface area contributed by atoms with E-state index in [4.69, 9.17) is 11.6 Å². The quantitative estimate of drug-likeness (QED) is 0.562. The van der Waals surface area contributed by atoms with Gasteiger partial charge in [-0.25, -0.2) is 0 Å². The van der Waals surface area contributed by atoms with Crippen LogP contribution in [0.5, 0.6) is 0 Å². The fourth-order valence-electron chi connectivity index (χ4n) is 1.62. The fraction of sp³-hybridized carbons (Fsp3) is 0.462. The van der Waals surface area contributed by atoms with E-state index in [1.54, 1.807) is 0 Å². The first-order valence-corrected chi connectivity index (χ1v) is 5.76. The lowest BCUT2D eigenvalue weighted by atomic mass is 9.96. The molecule has 0 radical (unpaired) electrons. The monoisotopic (exact) mass is 224 g/mol. The van der Waals surface area contributed by atoms with Crippen molar-refractivity contribution in [3.05, 3.63) is 34.4 Å². The number of benzene rings is 1. The third kappa shape index (κ3) is 3.07. The molecule has 0 aromatic heterocycles. The van der Waals surface area contributed by atoms with E-state index in [1.807, 2.05) is 19.9 Å². The average molecular weight is 225 g/mol. The van der Waals surface area contributed by atoms with Crippen molar-refractivity contribution < 1.29 is 4.79 Å². The molecule has 0 saturated heterocycles. The minimum Gasteiger partial charge on any atom is -0.294 e. The molecule has 0 atom stereocenters. The number of halogens is 1. The summed E-state index contributed by atoms with van der Waals surface area (Å²) in [6.45, 7) is 6.09. The second-order valence-corrected chi connectivity index (χ2v) is 4.35. The van der Waals surface area contributed by atoms with Crippen molar-refractivity contribution in [1.29, 1.82) is 0 Å². The zero-order chi connectivity index (χ0) is 11.4. The van der Waals surface area contributed by atoms with Crippen LogP contribution in [-0.2, 0) is 0 Å². The number of hydrogen-bond acceptors (Lipinski definition) is 1. The summed E-state index contributed by atoms with van der Waals surface area (Å²) in [4.78, 5) is 11.8. The van der Waals surface area contributed by atoms with Crippen LogP contribution in [0.25, 0.3) is 0 Å². The van der Waals surface area contributed by atoms with Crippen LogP contribution in [0.4, 0.5) is 0 Å². The Morgan fingerprint density at radius 1 is 1.13 bits per heavy atom. The number of rotatable bonds is 4. The molecular formula is C13H17ClO. The summed E-state index contributed by atoms with van der Waals surface area (Å²) in [5, 5.41) is 0. The number of carbonyl (C=O) groups is 1. The summed E-state index contributed by atoms with van der Waals surface area (Å²) in [7, 11) is 0. The minimum absolute atomic E-state index is 0.205. The fourth-order valence-corrected chi connectivity index (χ4v) is 1.76. The van der Waals surface area contributed by atoms with E-state index in [2.05, 4.69) is 13.0 Å². The normalized spacial score (nSPS) is 10.4. The summed E-state index contributed by atoms with van der Waals surface area (Å²) in [6.07, 6.45) is 1.31. The first-order chi connectivity index (χ1) is 7.06. The van der Waals surface area contributed by atoms with Crippen LogP contribution in [0, 0.1) is 20.8 Å². The van der Waals surface area contributed by atoms with Crippen LogP contribution in [0.1, 0.15) is 39.9 Å². The molecule has 82 valence electrons. The van der Waals surface area contributed by atoms with Gasteiger partial charge in [0, 0.05) is 17.9 Å². The lowest BCUT2D eigenvalue weighted by Crippen LogP contribution is -2.03. The van der Waals surface area contributed by atoms with Gasteiger partial charge in [0.15, 0.2) is 5.78 Å². The SMILES string of the molecule is Cc1cc(C)c(C(=O)CCCCl)cc1C. The highest BCUT2D eigenvalue weighted by Gasteiger charge is 2.09. The molecule has 0 N–H and O–H groups in total. The highest BCUT2D eigenvalue weighted by atomic mass is 35.5. The Kier molecular flexibility index (Phi) is 4.34. The summed E-state index contributed by atoms with van der Waals surface area (Å²) in [5.74, 6) is 0.756. The Morgan fingerprint density at radius 3 is 2.33 bits per heavy atom. The number of aryl methyl sites for hydroxylation is 3. The first-order valence-electron chi connectivity index (χ1n) is 5.23. The van der Waals surface area contributed by atoms with Crippen molar-refractivity contribution in [3.8, 4) is 0 Å². The molecule has 0 spiro atoms. The highest BCUT2D eigenvalue weighted by Crippen LogP contribution is 2.17. The van der Waals surface area contributed by atoms with Crippen molar-refractivity contribution >= 4 is 17.4 Å². The zero-order valence-electron chi connectivity index (χ0n) is 9.56. The molecule has 15 heavy (non-hydrogen) atoms. The van der Waals surface area contributed by atoms with Crippen LogP contribution >= 0.6 is 11.6 Å². The third-order valence-electron chi connectivity index (χ3n) is 2.68. The summed E-state index contributed by atoms with van der Waals surface area (Å²) in [5.41, 5.74) is 4.33. The largest absolute Gasteiger partial charge is 0.294 e. The topological polar surface area (TPSA) is 17.1 Å². The predicted octanol–water partition coefficient (Wildman–Crippen LogP) is 3.81. The Balaban J connectivity index is 2.94. The number of Topliss-reactive ketones (excluding diaryl/α,β-unsaturated/α-hetero) is 1. The van der Waals surface area contributed by atoms with Crippen LogP contribution < -0.4 is 0 Å². The molecule has 0 fully saturated rings. The van der Waals surface area contributed by atoms with E-state index >= 15 is 0 Å². The molecule has 0 saturated carbocycles. The lowest BCUT2D eigenvalue weighted by molar-refractivity contribution is 0.0981. The Hall–Kier alpha value is -0.820. The Bertz CT molecular complexity index is 369. The van der Waals surface area contributed by atoms with E-state index in [-0.39, 0.29) is 5.78 Å². The Labute approximate surface area is 96.5 Å². The summed E-state index contributed by atoms with van der Waals surface area (Å²) >= 11 is 5.58. The molecule has 0 amide bonds. The van der Waals surface area contributed by atoms with Gasteiger partial charge in [0.1, 0.15) is 0 Å². The zero-order valence-corrected chi connectivity index (χ0v) is 10.3. The van der Waals surface area contributed by atoms with Crippen LogP contribution in [-0.4, -0.2) is 11.7 Å². The number of hydrogen-bond donors (Lipinski definition) is 0. The van der Waals surface area contributed by atoms with Crippen LogP contribution in [0.3, 0.4) is 0 Å². The van der Waals surface area contributed by atoms with Crippen LogP contribution in [0.2, 0.25) is 0 Å². The Morgan fingerprint density at radius 2 is 1.73 bits per heavy atom. The summed E-state index contributed by atoms with van der Waals surface area (Å²) < 4.78 is 0. The number of carbonyl (C=O) groups excluding carboxylic acids is 1. The average Bonchev–Trinajstić information content (AvgIpc) is 2.20. The van der Waals surface area contributed by atoms with Gasteiger partial charge in [-0.1, -0.05) is 6.07 Å². The standard InChI is InChI=1S/C13H17ClO/c1-9-7-11(3)12(8-10(9)2)13(15)5-4-6-14/h7-8H,4-6H2,1-3H3. The third-order valence-corrected chi connectivity index (χ3v) is 2.95. The molecule has 0 aliphatic carbocycles. The molecule has 0 heterocycles. The maximum absolute atomic E-state index is 11.8. The highest BCUT2D eigenvalue weighted by molar-refractivity contribution is 6.18. The second-order valence-electron chi connectivity index (χ2n) is 3.97. The van der Waals surface area contributed by atoms with E-state index in [9.17, 15) is 4.79 Å². The van der Waals surface area contributed by atoms with Gasteiger partial charge in [0.25, 0.3) is 0 Å². The lowest BCUT2D eigenvalue weighted by Gasteiger charge is -2.08. The van der Waals surface area contributed by atoms with Crippen molar-refractivity contribution in [2.24, 2.45) is 0 Å². The molecule has 2 heteroatoms. The minimum atomic E-state index is 0.205. The van der Waals surface area contributed by atoms with Gasteiger partial charge in [-0.05, 0) is 49.9 Å². The van der Waals surface area contributed by atoms with Gasteiger partial charge < -0.3 is 0 Å². The molecule has 1 aromatic carbocycles. The molecule has 1 rings (SSSR count). The predicted molar refractivity (Wildman–Crippen MR) is 64.9 cm³/mol. The number of ketones is 1. The van der Waals surface area contributed by atoms with Gasteiger partial charge in [0.05, 0.1) is 0 Å². The van der Waals surface area contributed by atoms with Crippen molar-refractivity contribution in [3.63, 3.8) is 0 Å². The molecule has 0 unspecified atom stereocenters. The molecule has 0 aliphatic rings. The maximum Gasteiger partial charge on any atom is 0.163 e. The summed E-state index contributed by atoms with van der Waals surface area (Å²) in [6, 6.07) is 4.06. The smallest absolute Gasteiger partial charge is 0.163 e. The van der Waals surface area contributed by atoms with Gasteiger partial charge in [-0.15, -0.1) is 11.6 Å². The molecule has 1 aromatic rings. The number of alkyl halides is 1. The molecule has 1 nitrogen and oxygen atoms in total. The maximum atomic E-state index is 11.8.